The number of anilines is 1. The Morgan fingerprint density at radius 1 is 1.04 bits per heavy atom. The number of hydrogen-bond donors (Lipinski definition) is 1. The van der Waals surface area contributed by atoms with Crippen molar-refractivity contribution in [2.45, 2.75) is 13.8 Å². The standard InChI is InChI=1S/C20H21N3O3/c1-3-25-18-11-8-16(14-19(18)26-4-2)22-20(24)15-6-9-17(10-7-15)23-13-5-12-21-23/h5-14H,3-4H2,1-2H3,(H,22,24). The van der Waals surface area contributed by atoms with Crippen LogP contribution >= 0.6 is 0 Å². The summed E-state index contributed by atoms with van der Waals surface area (Å²) in [5, 5.41) is 7.05. The van der Waals surface area contributed by atoms with Crippen molar-refractivity contribution in [1.82, 2.24) is 9.78 Å². The van der Waals surface area contributed by atoms with Crippen LogP contribution in [0.4, 0.5) is 5.69 Å². The highest BCUT2D eigenvalue weighted by molar-refractivity contribution is 6.04. The van der Waals surface area contributed by atoms with Crippen molar-refractivity contribution < 1.29 is 14.3 Å². The maximum atomic E-state index is 12.5. The van der Waals surface area contributed by atoms with Crippen LogP contribution in [0.15, 0.2) is 60.9 Å². The molecule has 0 aliphatic heterocycles. The molecule has 3 aromatic rings. The number of aromatic nitrogens is 2. The van der Waals surface area contributed by atoms with Gasteiger partial charge in [0.25, 0.3) is 5.91 Å². The van der Waals surface area contributed by atoms with Gasteiger partial charge in [-0.3, -0.25) is 4.79 Å². The fourth-order valence-electron chi connectivity index (χ4n) is 2.52. The van der Waals surface area contributed by atoms with Gasteiger partial charge in [0, 0.05) is 29.7 Å². The number of carbonyl (C=O) groups is 1. The second kappa shape index (κ2) is 8.20. The molecule has 1 N–H and O–H groups in total. The van der Waals surface area contributed by atoms with E-state index in [9.17, 15) is 4.79 Å². The number of nitrogens with one attached hydrogen (secondary N) is 1. The fourth-order valence-corrected chi connectivity index (χ4v) is 2.52. The van der Waals surface area contributed by atoms with Crippen LogP contribution in [0.3, 0.4) is 0 Å². The molecule has 3 rings (SSSR count). The van der Waals surface area contributed by atoms with E-state index in [2.05, 4.69) is 10.4 Å². The first-order chi connectivity index (χ1) is 12.7. The quantitative estimate of drug-likeness (QED) is 0.701. The maximum Gasteiger partial charge on any atom is 0.255 e. The summed E-state index contributed by atoms with van der Waals surface area (Å²) in [5.41, 5.74) is 2.11. The minimum Gasteiger partial charge on any atom is -0.490 e. The number of benzene rings is 2. The summed E-state index contributed by atoms with van der Waals surface area (Å²) in [4.78, 5) is 12.5. The lowest BCUT2D eigenvalue weighted by molar-refractivity contribution is 0.102. The molecule has 134 valence electrons. The Kier molecular flexibility index (Phi) is 5.53. The van der Waals surface area contributed by atoms with Crippen molar-refractivity contribution in [1.29, 1.82) is 0 Å². The molecule has 0 fully saturated rings. The maximum absolute atomic E-state index is 12.5. The second-order valence-corrected chi connectivity index (χ2v) is 5.48. The van der Waals surface area contributed by atoms with Gasteiger partial charge in [0.05, 0.1) is 18.9 Å². The summed E-state index contributed by atoms with van der Waals surface area (Å²) in [6.45, 7) is 4.89. The molecule has 1 heterocycles. The highest BCUT2D eigenvalue weighted by Crippen LogP contribution is 2.30. The Bertz CT molecular complexity index is 859. The molecular formula is C20H21N3O3. The number of rotatable bonds is 7. The van der Waals surface area contributed by atoms with Crippen LogP contribution in [0, 0.1) is 0 Å². The topological polar surface area (TPSA) is 65.4 Å². The van der Waals surface area contributed by atoms with Crippen molar-refractivity contribution in [3.05, 3.63) is 66.5 Å². The zero-order chi connectivity index (χ0) is 18.4. The molecular weight excluding hydrogens is 330 g/mol. The van der Waals surface area contributed by atoms with Gasteiger partial charge >= 0.3 is 0 Å². The van der Waals surface area contributed by atoms with Gasteiger partial charge < -0.3 is 14.8 Å². The lowest BCUT2D eigenvalue weighted by Gasteiger charge is -2.13. The van der Waals surface area contributed by atoms with Crippen LogP contribution in [0.25, 0.3) is 5.69 Å². The third-order valence-electron chi connectivity index (χ3n) is 3.70. The number of carbonyl (C=O) groups excluding carboxylic acids is 1. The molecule has 6 nitrogen and oxygen atoms in total. The first-order valence-corrected chi connectivity index (χ1v) is 8.52. The molecule has 2 aromatic carbocycles. The van der Waals surface area contributed by atoms with Crippen LogP contribution < -0.4 is 14.8 Å². The first-order valence-electron chi connectivity index (χ1n) is 8.52. The molecule has 0 aliphatic carbocycles. The number of amides is 1. The largest absolute Gasteiger partial charge is 0.490 e. The van der Waals surface area contributed by atoms with Crippen molar-refractivity contribution in [3.8, 4) is 17.2 Å². The molecule has 0 spiro atoms. The predicted octanol–water partition coefficient (Wildman–Crippen LogP) is 3.92. The molecule has 0 aliphatic rings. The first kappa shape index (κ1) is 17.5. The Morgan fingerprint density at radius 3 is 2.42 bits per heavy atom. The third-order valence-corrected chi connectivity index (χ3v) is 3.70. The molecule has 26 heavy (non-hydrogen) atoms. The van der Waals surface area contributed by atoms with E-state index in [1.807, 2.05) is 38.2 Å². The van der Waals surface area contributed by atoms with Gasteiger partial charge in [-0.15, -0.1) is 0 Å². The van der Waals surface area contributed by atoms with Crippen LogP contribution in [0.5, 0.6) is 11.5 Å². The van der Waals surface area contributed by atoms with E-state index >= 15 is 0 Å². The molecule has 0 unspecified atom stereocenters. The van der Waals surface area contributed by atoms with Crippen molar-refractivity contribution in [3.63, 3.8) is 0 Å². The summed E-state index contributed by atoms with van der Waals surface area (Å²) < 4.78 is 12.9. The van der Waals surface area contributed by atoms with Gasteiger partial charge in [-0.1, -0.05) is 0 Å². The van der Waals surface area contributed by atoms with Crippen LogP contribution in [-0.4, -0.2) is 28.9 Å². The molecule has 0 bridgehead atoms. The van der Waals surface area contributed by atoms with Crippen molar-refractivity contribution in [2.24, 2.45) is 0 Å². The molecule has 6 heteroatoms. The smallest absolute Gasteiger partial charge is 0.255 e. The SMILES string of the molecule is CCOc1ccc(NC(=O)c2ccc(-n3cccn3)cc2)cc1OCC. The molecule has 1 aromatic heterocycles. The fraction of sp³-hybridized carbons (Fsp3) is 0.200. The minimum atomic E-state index is -0.191. The van der Waals surface area contributed by atoms with Gasteiger partial charge in [-0.05, 0) is 56.3 Å². The van der Waals surface area contributed by atoms with E-state index in [1.165, 1.54) is 0 Å². The van der Waals surface area contributed by atoms with Crippen molar-refractivity contribution in [2.75, 3.05) is 18.5 Å². The van der Waals surface area contributed by atoms with Crippen LogP contribution in [0.2, 0.25) is 0 Å². The normalized spacial score (nSPS) is 10.4. The van der Waals surface area contributed by atoms with Gasteiger partial charge in [0.2, 0.25) is 0 Å². The number of ether oxygens (including phenoxy) is 2. The Morgan fingerprint density at radius 2 is 1.77 bits per heavy atom. The Labute approximate surface area is 152 Å². The monoisotopic (exact) mass is 351 g/mol. The molecule has 0 atom stereocenters. The molecule has 0 radical (unpaired) electrons. The van der Waals surface area contributed by atoms with Crippen molar-refractivity contribution >= 4 is 11.6 Å². The summed E-state index contributed by atoms with van der Waals surface area (Å²) in [6.07, 6.45) is 3.56. The van der Waals surface area contributed by atoms with E-state index in [0.717, 1.165) is 5.69 Å². The predicted molar refractivity (Wildman–Crippen MR) is 100 cm³/mol. The number of hydrogen-bond acceptors (Lipinski definition) is 4. The average molecular weight is 351 g/mol. The second-order valence-electron chi connectivity index (χ2n) is 5.48. The highest BCUT2D eigenvalue weighted by Gasteiger charge is 2.10. The summed E-state index contributed by atoms with van der Waals surface area (Å²) in [6, 6.07) is 14.5. The molecule has 0 saturated carbocycles. The minimum absolute atomic E-state index is 0.191. The van der Waals surface area contributed by atoms with E-state index in [-0.39, 0.29) is 5.91 Å². The highest BCUT2D eigenvalue weighted by atomic mass is 16.5. The third kappa shape index (κ3) is 4.03. The Balaban J connectivity index is 1.74. The zero-order valence-corrected chi connectivity index (χ0v) is 14.8. The summed E-state index contributed by atoms with van der Waals surface area (Å²) in [7, 11) is 0. The molecule has 1 amide bonds. The average Bonchev–Trinajstić information content (AvgIpc) is 3.19. The summed E-state index contributed by atoms with van der Waals surface area (Å²) in [5.74, 6) is 1.08. The lowest BCUT2D eigenvalue weighted by Crippen LogP contribution is -2.12. The van der Waals surface area contributed by atoms with E-state index in [4.69, 9.17) is 9.47 Å². The van der Waals surface area contributed by atoms with Gasteiger partial charge in [-0.2, -0.15) is 5.10 Å². The van der Waals surface area contributed by atoms with E-state index in [1.54, 1.807) is 41.2 Å². The van der Waals surface area contributed by atoms with E-state index in [0.29, 0.717) is 36.0 Å². The van der Waals surface area contributed by atoms with Crippen LogP contribution in [0.1, 0.15) is 24.2 Å². The van der Waals surface area contributed by atoms with Gasteiger partial charge in [-0.25, -0.2) is 4.68 Å². The lowest BCUT2D eigenvalue weighted by atomic mass is 10.2. The van der Waals surface area contributed by atoms with Gasteiger partial charge in [0.1, 0.15) is 0 Å². The number of nitrogens with zero attached hydrogens (tertiary/aromatic N) is 2. The van der Waals surface area contributed by atoms with Crippen LogP contribution in [-0.2, 0) is 0 Å². The molecule has 0 saturated heterocycles. The van der Waals surface area contributed by atoms with Gasteiger partial charge in [0.15, 0.2) is 11.5 Å². The van der Waals surface area contributed by atoms with E-state index < -0.39 is 0 Å². The Hall–Kier alpha value is -3.28. The zero-order valence-electron chi connectivity index (χ0n) is 14.8. The summed E-state index contributed by atoms with van der Waals surface area (Å²) >= 11 is 0.